The van der Waals surface area contributed by atoms with Gasteiger partial charge in [0.15, 0.2) is 5.65 Å². The Labute approximate surface area is 84.2 Å². The summed E-state index contributed by atoms with van der Waals surface area (Å²) >= 11 is 5.85. The highest BCUT2D eigenvalue weighted by Gasteiger charge is 2.05. The molecule has 0 fully saturated rings. The van der Waals surface area contributed by atoms with E-state index in [2.05, 4.69) is 15.0 Å². The van der Waals surface area contributed by atoms with Gasteiger partial charge in [0.05, 0.1) is 10.5 Å². The first-order chi connectivity index (χ1) is 6.84. The molecule has 68 valence electrons. The van der Waals surface area contributed by atoms with Crippen molar-refractivity contribution in [3.63, 3.8) is 0 Å². The average molecular weight is 205 g/mol. The lowest BCUT2D eigenvalue weighted by atomic mass is 10.4. The predicted octanol–water partition coefficient (Wildman–Crippen LogP) is 1.93. The summed E-state index contributed by atoms with van der Waals surface area (Å²) in [5.41, 5.74) is 1.54. The van der Waals surface area contributed by atoms with Crippen molar-refractivity contribution in [1.29, 1.82) is 0 Å². The highest BCUT2D eigenvalue weighted by Crippen LogP contribution is 2.16. The zero-order valence-electron chi connectivity index (χ0n) is 7.05. The van der Waals surface area contributed by atoms with Gasteiger partial charge >= 0.3 is 0 Å². The van der Waals surface area contributed by atoms with Gasteiger partial charge in [-0.25, -0.2) is 9.97 Å². The van der Waals surface area contributed by atoms with E-state index >= 15 is 0 Å². The smallest absolute Gasteiger partial charge is 0.236 e. The molecule has 14 heavy (non-hydrogen) atoms. The summed E-state index contributed by atoms with van der Waals surface area (Å²) in [7, 11) is 0. The number of halogens is 1. The number of rotatable bonds is 0. The van der Waals surface area contributed by atoms with Crippen LogP contribution in [0.4, 0.5) is 0 Å². The van der Waals surface area contributed by atoms with Gasteiger partial charge in [0.1, 0.15) is 0 Å². The molecule has 0 saturated heterocycles. The minimum atomic E-state index is 0.600. The van der Waals surface area contributed by atoms with E-state index in [0.29, 0.717) is 16.4 Å². The van der Waals surface area contributed by atoms with E-state index in [1.54, 1.807) is 12.4 Å². The lowest BCUT2D eigenvalue weighted by Crippen LogP contribution is -1.85. The fourth-order valence-electron chi connectivity index (χ4n) is 1.41. The number of imidazole rings is 1. The highest BCUT2D eigenvalue weighted by molar-refractivity contribution is 6.31. The predicted molar refractivity (Wildman–Crippen MR) is 53.3 cm³/mol. The third-order valence-electron chi connectivity index (χ3n) is 2.01. The van der Waals surface area contributed by atoms with Crippen molar-refractivity contribution in [3.05, 3.63) is 35.7 Å². The van der Waals surface area contributed by atoms with E-state index in [9.17, 15) is 0 Å². The Bertz CT molecular complexity index is 616. The average Bonchev–Trinajstić information content (AvgIpc) is 2.56. The molecule has 5 heteroatoms. The van der Waals surface area contributed by atoms with E-state index < -0.39 is 0 Å². The second-order valence-corrected chi connectivity index (χ2v) is 3.33. The molecule has 0 unspecified atom stereocenters. The largest absolute Gasteiger partial charge is 0.282 e. The molecular weight excluding hydrogens is 200 g/mol. The molecule has 0 spiro atoms. The molecule has 3 aromatic rings. The molecule has 3 aromatic heterocycles. The monoisotopic (exact) mass is 204 g/mol. The molecule has 0 saturated carbocycles. The fraction of sp³-hybridized carbons (Fsp3) is 0. The molecule has 4 nitrogen and oxygen atoms in total. The van der Waals surface area contributed by atoms with E-state index in [1.165, 1.54) is 0 Å². The molecule has 0 radical (unpaired) electrons. The van der Waals surface area contributed by atoms with Gasteiger partial charge in [0, 0.05) is 18.6 Å². The standard InChI is InChI=1S/C9H5ClN4/c10-6-4-7-8(12-5-6)13-9-11-2-1-3-14(7)9/h1-5H. The van der Waals surface area contributed by atoms with Gasteiger partial charge in [-0.2, -0.15) is 4.98 Å². The summed E-state index contributed by atoms with van der Waals surface area (Å²) in [5, 5.41) is 0.600. The number of nitrogens with zero attached hydrogens (tertiary/aromatic N) is 4. The van der Waals surface area contributed by atoms with Crippen LogP contribution in [0.3, 0.4) is 0 Å². The van der Waals surface area contributed by atoms with Gasteiger partial charge in [-0.15, -0.1) is 0 Å². The zero-order chi connectivity index (χ0) is 9.54. The summed E-state index contributed by atoms with van der Waals surface area (Å²) in [5.74, 6) is 0.636. The number of hydrogen-bond donors (Lipinski definition) is 0. The van der Waals surface area contributed by atoms with Gasteiger partial charge < -0.3 is 0 Å². The fourth-order valence-corrected chi connectivity index (χ4v) is 1.57. The first-order valence-electron chi connectivity index (χ1n) is 4.09. The molecule has 0 N–H and O–H groups in total. The Morgan fingerprint density at radius 1 is 1.29 bits per heavy atom. The minimum Gasteiger partial charge on any atom is -0.282 e. The quantitative estimate of drug-likeness (QED) is 0.562. The van der Waals surface area contributed by atoms with Crippen molar-refractivity contribution < 1.29 is 0 Å². The maximum atomic E-state index is 5.85. The van der Waals surface area contributed by atoms with E-state index in [-0.39, 0.29) is 0 Å². The van der Waals surface area contributed by atoms with Crippen molar-refractivity contribution in [2.24, 2.45) is 0 Å². The molecule has 0 aliphatic rings. The topological polar surface area (TPSA) is 43.1 Å². The molecule has 0 amide bonds. The summed E-state index contributed by atoms with van der Waals surface area (Å²) < 4.78 is 1.86. The second kappa shape index (κ2) is 2.65. The maximum Gasteiger partial charge on any atom is 0.236 e. The Kier molecular flexibility index (Phi) is 1.46. The van der Waals surface area contributed by atoms with Crippen LogP contribution in [0.5, 0.6) is 0 Å². The van der Waals surface area contributed by atoms with Crippen LogP contribution in [0.2, 0.25) is 5.02 Å². The van der Waals surface area contributed by atoms with Crippen LogP contribution in [0.15, 0.2) is 30.7 Å². The number of hydrogen-bond acceptors (Lipinski definition) is 3. The summed E-state index contributed by atoms with van der Waals surface area (Å²) in [6.45, 7) is 0. The number of pyridine rings is 1. The molecule has 0 aliphatic heterocycles. The zero-order valence-corrected chi connectivity index (χ0v) is 7.81. The van der Waals surface area contributed by atoms with Gasteiger partial charge in [-0.3, -0.25) is 4.40 Å². The molecule has 0 aromatic carbocycles. The van der Waals surface area contributed by atoms with Gasteiger partial charge in [0.25, 0.3) is 0 Å². The van der Waals surface area contributed by atoms with Crippen LogP contribution in [0, 0.1) is 0 Å². The number of fused-ring (bicyclic) bond motifs is 3. The SMILES string of the molecule is Clc1cnc2nc3ncccn3c2c1. The summed E-state index contributed by atoms with van der Waals surface area (Å²) in [6, 6.07) is 3.67. The summed E-state index contributed by atoms with van der Waals surface area (Å²) in [4.78, 5) is 12.5. The minimum absolute atomic E-state index is 0.600. The van der Waals surface area contributed by atoms with Crippen LogP contribution in [-0.4, -0.2) is 19.4 Å². The Balaban J connectivity index is 2.58. The maximum absolute atomic E-state index is 5.85. The van der Waals surface area contributed by atoms with Crippen LogP contribution in [0.1, 0.15) is 0 Å². The Hall–Kier alpha value is -1.68. The highest BCUT2D eigenvalue weighted by atomic mass is 35.5. The first kappa shape index (κ1) is 7.70. The van der Waals surface area contributed by atoms with E-state index in [0.717, 1.165) is 5.52 Å². The van der Waals surface area contributed by atoms with Crippen molar-refractivity contribution >= 4 is 28.5 Å². The molecule has 0 atom stereocenters. The Morgan fingerprint density at radius 3 is 3.14 bits per heavy atom. The molecule has 3 heterocycles. The van der Waals surface area contributed by atoms with Gasteiger partial charge in [-0.1, -0.05) is 11.6 Å². The Morgan fingerprint density at radius 2 is 2.21 bits per heavy atom. The van der Waals surface area contributed by atoms with Crippen molar-refractivity contribution in [3.8, 4) is 0 Å². The normalized spacial score (nSPS) is 11.2. The van der Waals surface area contributed by atoms with Crippen molar-refractivity contribution in [1.82, 2.24) is 19.4 Å². The van der Waals surface area contributed by atoms with Crippen LogP contribution in [-0.2, 0) is 0 Å². The van der Waals surface area contributed by atoms with Gasteiger partial charge in [0.2, 0.25) is 5.78 Å². The first-order valence-corrected chi connectivity index (χ1v) is 4.47. The van der Waals surface area contributed by atoms with Crippen LogP contribution < -0.4 is 0 Å². The van der Waals surface area contributed by atoms with Crippen LogP contribution in [0.25, 0.3) is 16.9 Å². The van der Waals surface area contributed by atoms with Crippen molar-refractivity contribution in [2.75, 3.05) is 0 Å². The third kappa shape index (κ3) is 0.975. The molecule has 0 bridgehead atoms. The number of aromatic nitrogens is 4. The molecule has 3 rings (SSSR count). The van der Waals surface area contributed by atoms with Crippen LogP contribution >= 0.6 is 11.6 Å². The van der Waals surface area contributed by atoms with E-state index in [4.69, 9.17) is 11.6 Å². The molecule has 0 aliphatic carbocycles. The summed E-state index contributed by atoms with van der Waals surface area (Å²) in [6.07, 6.45) is 5.16. The van der Waals surface area contributed by atoms with E-state index in [1.807, 2.05) is 22.7 Å². The second-order valence-electron chi connectivity index (χ2n) is 2.90. The lowest BCUT2D eigenvalue weighted by Gasteiger charge is -1.92. The lowest BCUT2D eigenvalue weighted by molar-refractivity contribution is 1.13. The molecular formula is C9H5ClN4. The van der Waals surface area contributed by atoms with Gasteiger partial charge in [-0.05, 0) is 12.1 Å². The van der Waals surface area contributed by atoms with Crippen molar-refractivity contribution in [2.45, 2.75) is 0 Å². The third-order valence-corrected chi connectivity index (χ3v) is 2.21.